The van der Waals surface area contributed by atoms with E-state index in [1.807, 2.05) is 43.5 Å². The predicted octanol–water partition coefficient (Wildman–Crippen LogP) is 1.08. The number of ether oxygens (including phenoxy) is 2. The monoisotopic (exact) mass is 424 g/mol. The Morgan fingerprint density at radius 3 is 2.90 bits per heavy atom. The number of aromatic nitrogens is 3. The van der Waals surface area contributed by atoms with E-state index in [9.17, 15) is 9.59 Å². The van der Waals surface area contributed by atoms with E-state index in [1.54, 1.807) is 22.2 Å². The molecule has 0 N–H and O–H groups in total. The Balaban J connectivity index is 1.77. The molecule has 30 heavy (non-hydrogen) atoms. The van der Waals surface area contributed by atoms with Crippen LogP contribution in [0.3, 0.4) is 0 Å². The van der Waals surface area contributed by atoms with Crippen LogP contribution in [0.15, 0.2) is 46.3 Å². The first-order valence-electron chi connectivity index (χ1n) is 9.67. The molecule has 4 heterocycles. The number of methoxy groups -OCH3 is 1. The number of esters is 1. The molecule has 9 heteroatoms. The van der Waals surface area contributed by atoms with Gasteiger partial charge in [0.25, 0.3) is 5.56 Å². The molecule has 2 bridgehead atoms. The molecule has 0 saturated carbocycles. The maximum atomic E-state index is 13.4. The van der Waals surface area contributed by atoms with Gasteiger partial charge in [0, 0.05) is 18.3 Å². The van der Waals surface area contributed by atoms with E-state index in [0.717, 1.165) is 12.1 Å². The summed E-state index contributed by atoms with van der Waals surface area (Å²) in [7, 11) is 1.34. The molecule has 0 saturated heterocycles. The normalized spacial score (nSPS) is 24.4. The number of nitrogens with zero attached hydrogens (tertiary/aromatic N) is 4. The minimum atomic E-state index is -1.16. The van der Waals surface area contributed by atoms with E-state index in [1.165, 1.54) is 18.4 Å². The molecular weight excluding hydrogens is 404 g/mol. The number of benzene rings is 1. The van der Waals surface area contributed by atoms with Gasteiger partial charge in [0.2, 0.25) is 5.72 Å². The Morgan fingerprint density at radius 2 is 2.17 bits per heavy atom. The van der Waals surface area contributed by atoms with Crippen LogP contribution in [0, 0.1) is 5.92 Å². The molecule has 0 fully saturated rings. The number of aryl methyl sites for hydroxylation is 1. The zero-order chi connectivity index (χ0) is 21.0. The molecule has 3 aromatic rings. The van der Waals surface area contributed by atoms with Gasteiger partial charge in [-0.3, -0.25) is 18.8 Å². The highest BCUT2D eigenvalue weighted by Crippen LogP contribution is 2.47. The molecule has 0 aliphatic carbocycles. The molecule has 0 amide bonds. The summed E-state index contributed by atoms with van der Waals surface area (Å²) in [4.78, 5) is 31.4. The van der Waals surface area contributed by atoms with Gasteiger partial charge in [0.15, 0.2) is 4.80 Å². The molecule has 3 atom stereocenters. The van der Waals surface area contributed by atoms with Gasteiger partial charge in [-0.15, -0.1) is 0 Å². The maximum absolute atomic E-state index is 13.4. The third-order valence-electron chi connectivity index (χ3n) is 5.60. The number of rotatable bonds is 3. The first-order valence-corrected chi connectivity index (χ1v) is 10.5. The fourth-order valence-electron chi connectivity index (χ4n) is 4.20. The summed E-state index contributed by atoms with van der Waals surface area (Å²) >= 11 is 1.27. The third kappa shape index (κ3) is 2.65. The van der Waals surface area contributed by atoms with E-state index >= 15 is 0 Å². The largest absolute Gasteiger partial charge is 0.469 e. The fourth-order valence-corrected chi connectivity index (χ4v) is 5.28. The molecule has 0 spiro atoms. The Labute approximate surface area is 175 Å². The Hall–Kier alpha value is -3.20. The number of hydrogen-bond acceptors (Lipinski definition) is 7. The van der Waals surface area contributed by atoms with Crippen LogP contribution in [0.2, 0.25) is 0 Å². The van der Waals surface area contributed by atoms with Crippen molar-refractivity contribution in [3.05, 3.63) is 67.5 Å². The predicted molar refractivity (Wildman–Crippen MR) is 110 cm³/mol. The number of carbonyl (C=O) groups excluding carboxylic acids is 1. The van der Waals surface area contributed by atoms with E-state index < -0.39 is 23.7 Å². The van der Waals surface area contributed by atoms with Gasteiger partial charge in [-0.1, -0.05) is 29.5 Å². The Morgan fingerprint density at radius 1 is 1.37 bits per heavy atom. The van der Waals surface area contributed by atoms with Crippen LogP contribution in [-0.4, -0.2) is 33.2 Å². The van der Waals surface area contributed by atoms with Crippen molar-refractivity contribution in [3.63, 3.8) is 0 Å². The van der Waals surface area contributed by atoms with E-state index in [-0.39, 0.29) is 5.56 Å². The van der Waals surface area contributed by atoms with Gasteiger partial charge >= 0.3 is 5.97 Å². The van der Waals surface area contributed by atoms with Crippen molar-refractivity contribution in [1.29, 1.82) is 0 Å². The van der Waals surface area contributed by atoms with Crippen molar-refractivity contribution in [2.45, 2.75) is 32.2 Å². The van der Waals surface area contributed by atoms with Crippen LogP contribution in [0.1, 0.15) is 31.1 Å². The van der Waals surface area contributed by atoms with Crippen molar-refractivity contribution >= 4 is 23.4 Å². The van der Waals surface area contributed by atoms with Crippen LogP contribution in [0.5, 0.6) is 5.75 Å². The summed E-state index contributed by atoms with van der Waals surface area (Å²) in [6.45, 7) is 4.51. The minimum Gasteiger partial charge on any atom is -0.469 e. The molecule has 1 aromatic carbocycles. The number of fused-ring (bicyclic) bond motifs is 6. The van der Waals surface area contributed by atoms with Crippen LogP contribution >= 0.6 is 11.3 Å². The lowest BCUT2D eigenvalue weighted by Gasteiger charge is -2.44. The second-order valence-corrected chi connectivity index (χ2v) is 8.43. The van der Waals surface area contributed by atoms with Gasteiger partial charge in [-0.2, -0.15) is 5.10 Å². The lowest BCUT2D eigenvalue weighted by Crippen LogP contribution is -2.58. The first kappa shape index (κ1) is 18.8. The average molecular weight is 424 g/mol. The number of para-hydroxylation sites is 1. The molecule has 154 valence electrons. The highest BCUT2D eigenvalue weighted by Gasteiger charge is 2.55. The van der Waals surface area contributed by atoms with Gasteiger partial charge < -0.3 is 9.47 Å². The van der Waals surface area contributed by atoms with Gasteiger partial charge in [0.05, 0.1) is 23.4 Å². The van der Waals surface area contributed by atoms with Gasteiger partial charge in [-0.05, 0) is 32.1 Å². The lowest BCUT2D eigenvalue weighted by molar-refractivity contribution is -0.158. The Kier molecular flexibility index (Phi) is 4.18. The summed E-state index contributed by atoms with van der Waals surface area (Å²) < 4.78 is 15.1. The number of thiazole rings is 1. The molecule has 0 unspecified atom stereocenters. The topological polar surface area (TPSA) is 87.7 Å². The van der Waals surface area contributed by atoms with Gasteiger partial charge in [0.1, 0.15) is 11.7 Å². The van der Waals surface area contributed by atoms with Crippen molar-refractivity contribution in [2.24, 2.45) is 10.9 Å². The molecule has 2 aliphatic heterocycles. The third-order valence-corrected chi connectivity index (χ3v) is 6.58. The average Bonchev–Trinajstić information content (AvgIpc) is 3.30. The van der Waals surface area contributed by atoms with E-state index in [0.29, 0.717) is 20.8 Å². The molecule has 8 nitrogen and oxygen atoms in total. The van der Waals surface area contributed by atoms with Crippen molar-refractivity contribution in [3.8, 4) is 5.75 Å². The van der Waals surface area contributed by atoms with Crippen LogP contribution in [-0.2, 0) is 16.1 Å². The van der Waals surface area contributed by atoms with Crippen molar-refractivity contribution in [2.75, 3.05) is 7.11 Å². The summed E-state index contributed by atoms with van der Waals surface area (Å²) in [5.41, 5.74) is 0.0963. The summed E-state index contributed by atoms with van der Waals surface area (Å²) in [5.74, 6) is -0.619. The van der Waals surface area contributed by atoms with E-state index in [2.05, 4.69) is 5.10 Å². The smallest absolute Gasteiger partial charge is 0.317 e. The number of carbonyl (C=O) groups is 1. The SMILES string of the molecule is CCn1ccc(/C=c2/sc3n(c2=O)[C@H]2c4ccccc4O[C@@](C)(N=3)[C@H]2C(=O)OC)n1. The fraction of sp³-hybridized carbons (Fsp3) is 0.333. The van der Waals surface area contributed by atoms with Crippen molar-refractivity contribution < 1.29 is 14.3 Å². The first-order chi connectivity index (χ1) is 14.4. The maximum Gasteiger partial charge on any atom is 0.317 e. The lowest BCUT2D eigenvalue weighted by atomic mass is 9.81. The summed E-state index contributed by atoms with van der Waals surface area (Å²) in [6, 6.07) is 8.73. The number of hydrogen-bond donors (Lipinski definition) is 0. The summed E-state index contributed by atoms with van der Waals surface area (Å²) in [6.07, 6.45) is 3.62. The zero-order valence-electron chi connectivity index (χ0n) is 16.7. The molecule has 2 aromatic heterocycles. The second kappa shape index (κ2) is 6.66. The van der Waals surface area contributed by atoms with Crippen LogP contribution < -0.4 is 19.6 Å². The second-order valence-electron chi connectivity index (χ2n) is 7.42. The quantitative estimate of drug-likeness (QED) is 0.587. The summed E-state index contributed by atoms with van der Waals surface area (Å²) in [5, 5.41) is 4.43. The standard InChI is InChI=1S/C21H20N4O4S/c1-4-24-10-9-12(23-24)11-15-18(26)25-17-13-7-5-6-8-14(13)29-21(2,22-20(25)30-15)16(17)19(27)28-3/h5-11,16-17H,4H2,1-3H3/b15-11+/t16-,17+,21-/m1/s1. The molecular formula is C21H20N4O4S. The van der Waals surface area contributed by atoms with Crippen LogP contribution in [0.25, 0.3) is 6.08 Å². The molecule has 5 rings (SSSR count). The zero-order valence-corrected chi connectivity index (χ0v) is 17.5. The highest BCUT2D eigenvalue weighted by atomic mass is 32.1. The molecule has 2 aliphatic rings. The molecule has 0 radical (unpaired) electrons. The van der Waals surface area contributed by atoms with Crippen molar-refractivity contribution in [1.82, 2.24) is 14.3 Å². The highest BCUT2D eigenvalue weighted by molar-refractivity contribution is 7.07. The van der Waals surface area contributed by atoms with Gasteiger partial charge in [-0.25, -0.2) is 4.99 Å². The van der Waals surface area contributed by atoms with E-state index in [4.69, 9.17) is 14.5 Å². The van der Waals surface area contributed by atoms with Crippen LogP contribution in [0.4, 0.5) is 0 Å². The Bertz CT molecular complexity index is 1340. The minimum absolute atomic E-state index is 0.206.